The number of fused-ring (bicyclic) bond motifs is 5. The molecule has 1 heterocycles. The number of benzene rings is 1. The first-order valence-corrected chi connectivity index (χ1v) is 13.2. The summed E-state index contributed by atoms with van der Waals surface area (Å²) in [6, 6.07) is 12.0. The fourth-order valence-corrected chi connectivity index (χ4v) is 7.37. The second-order valence-electron chi connectivity index (χ2n) is 11.0. The van der Waals surface area contributed by atoms with Crippen molar-refractivity contribution in [1.82, 2.24) is 10.3 Å². The van der Waals surface area contributed by atoms with Gasteiger partial charge in [-0.25, -0.2) is 0 Å². The fourth-order valence-electron chi connectivity index (χ4n) is 7.37. The first-order chi connectivity index (χ1) is 16.6. The Hall–Kier alpha value is -1.95. The molecule has 3 aliphatic carbocycles. The molecule has 2 saturated carbocycles. The summed E-state index contributed by atoms with van der Waals surface area (Å²) >= 11 is 0. The maximum absolute atomic E-state index is 11.3. The number of phenolic OH excluding ortho intramolecular Hbond substituents is 1. The van der Waals surface area contributed by atoms with Gasteiger partial charge in [0.05, 0.1) is 12.7 Å². The first-order valence-electron chi connectivity index (χ1n) is 13.2. The summed E-state index contributed by atoms with van der Waals surface area (Å²) < 4.78 is 5.93. The molecular weight excluding hydrogens is 424 g/mol. The molecule has 3 aliphatic rings. The van der Waals surface area contributed by atoms with Gasteiger partial charge in [0.1, 0.15) is 5.75 Å². The third-order valence-electron chi connectivity index (χ3n) is 9.17. The highest BCUT2D eigenvalue weighted by molar-refractivity contribution is 5.40. The van der Waals surface area contributed by atoms with Crippen molar-refractivity contribution in [3.8, 4) is 5.75 Å². The molecule has 0 aliphatic heterocycles. The van der Waals surface area contributed by atoms with Crippen LogP contribution in [0.5, 0.6) is 5.75 Å². The number of aryl methyl sites for hydroxylation is 1. The van der Waals surface area contributed by atoms with E-state index in [1.54, 1.807) is 0 Å². The van der Waals surface area contributed by atoms with Crippen LogP contribution in [-0.2, 0) is 17.6 Å². The number of aliphatic hydroxyl groups excluding tert-OH is 1. The largest absolute Gasteiger partial charge is 0.508 e. The van der Waals surface area contributed by atoms with E-state index in [-0.39, 0.29) is 11.5 Å². The topological polar surface area (TPSA) is 74.6 Å². The van der Waals surface area contributed by atoms with Crippen LogP contribution in [0.2, 0.25) is 0 Å². The van der Waals surface area contributed by atoms with Gasteiger partial charge in [0, 0.05) is 38.0 Å². The number of nitrogens with one attached hydrogen (secondary N) is 1. The quantitative estimate of drug-likeness (QED) is 0.478. The van der Waals surface area contributed by atoms with Crippen molar-refractivity contribution in [2.45, 2.75) is 63.9 Å². The van der Waals surface area contributed by atoms with Crippen molar-refractivity contribution in [2.75, 3.05) is 26.3 Å². The lowest BCUT2D eigenvalue weighted by Gasteiger charge is -2.50. The minimum Gasteiger partial charge on any atom is -0.508 e. The van der Waals surface area contributed by atoms with Gasteiger partial charge in [0.15, 0.2) is 0 Å². The summed E-state index contributed by atoms with van der Waals surface area (Å²) in [5.74, 6) is 2.55. The van der Waals surface area contributed by atoms with E-state index in [1.165, 1.54) is 17.5 Å². The van der Waals surface area contributed by atoms with Crippen LogP contribution < -0.4 is 5.32 Å². The molecule has 34 heavy (non-hydrogen) atoms. The Morgan fingerprint density at radius 3 is 2.91 bits per heavy atom. The number of aliphatic hydroxyl groups is 1. The Morgan fingerprint density at radius 2 is 2.06 bits per heavy atom. The van der Waals surface area contributed by atoms with Crippen LogP contribution in [-0.4, -0.2) is 47.6 Å². The fraction of sp³-hybridized carbons (Fsp3) is 0.621. The molecule has 2 aromatic rings. The summed E-state index contributed by atoms with van der Waals surface area (Å²) in [5.41, 5.74) is 3.94. The van der Waals surface area contributed by atoms with E-state index >= 15 is 0 Å². The zero-order valence-corrected chi connectivity index (χ0v) is 20.5. The lowest BCUT2D eigenvalue weighted by Crippen LogP contribution is -2.44. The molecule has 3 N–H and O–H groups in total. The summed E-state index contributed by atoms with van der Waals surface area (Å²) in [6.45, 7) is 5.53. The molecular formula is C29H40N2O3. The molecule has 0 spiro atoms. The van der Waals surface area contributed by atoms with Gasteiger partial charge >= 0.3 is 0 Å². The van der Waals surface area contributed by atoms with Crippen molar-refractivity contribution in [3.05, 3.63) is 59.4 Å². The molecule has 1 aromatic carbocycles. The number of hydrogen-bond donors (Lipinski definition) is 3. The normalized spacial score (nSPS) is 32.1. The molecule has 184 valence electrons. The highest BCUT2D eigenvalue weighted by Crippen LogP contribution is 2.62. The number of aromatic hydroxyl groups is 1. The molecule has 2 fully saturated rings. The van der Waals surface area contributed by atoms with E-state index in [9.17, 15) is 10.2 Å². The summed E-state index contributed by atoms with van der Waals surface area (Å²) in [6.07, 6.45) is 9.10. The lowest BCUT2D eigenvalue weighted by molar-refractivity contribution is -0.0358. The Morgan fingerprint density at radius 1 is 1.15 bits per heavy atom. The predicted octanol–water partition coefficient (Wildman–Crippen LogP) is 4.47. The predicted molar refractivity (Wildman–Crippen MR) is 134 cm³/mol. The van der Waals surface area contributed by atoms with Crippen LogP contribution >= 0.6 is 0 Å². The Kier molecular flexibility index (Phi) is 7.24. The van der Waals surface area contributed by atoms with Crippen molar-refractivity contribution in [2.24, 2.45) is 23.2 Å². The lowest BCUT2D eigenvalue weighted by atomic mass is 9.55. The van der Waals surface area contributed by atoms with Gasteiger partial charge in [-0.1, -0.05) is 19.1 Å². The second-order valence-corrected chi connectivity index (χ2v) is 11.0. The van der Waals surface area contributed by atoms with E-state index in [1.807, 2.05) is 30.5 Å². The summed E-state index contributed by atoms with van der Waals surface area (Å²) in [5, 5.41) is 24.7. The van der Waals surface area contributed by atoms with Crippen molar-refractivity contribution < 1.29 is 14.9 Å². The van der Waals surface area contributed by atoms with Crippen LogP contribution in [0.3, 0.4) is 0 Å². The average molecular weight is 465 g/mol. The van der Waals surface area contributed by atoms with Crippen LogP contribution in [0, 0.1) is 23.2 Å². The number of hydrogen-bond acceptors (Lipinski definition) is 5. The maximum atomic E-state index is 11.3. The molecule has 5 rings (SSSR count). The maximum Gasteiger partial charge on any atom is 0.115 e. The van der Waals surface area contributed by atoms with E-state index in [0.29, 0.717) is 36.0 Å². The van der Waals surface area contributed by atoms with Gasteiger partial charge in [-0.15, -0.1) is 0 Å². The average Bonchev–Trinajstić information content (AvgIpc) is 3.11. The zero-order valence-electron chi connectivity index (χ0n) is 20.5. The third kappa shape index (κ3) is 4.75. The number of rotatable bonds is 9. The van der Waals surface area contributed by atoms with Crippen LogP contribution in [0.1, 0.15) is 61.8 Å². The van der Waals surface area contributed by atoms with E-state index in [2.05, 4.69) is 29.4 Å². The van der Waals surface area contributed by atoms with Gasteiger partial charge in [0.25, 0.3) is 0 Å². The molecule has 6 atom stereocenters. The first kappa shape index (κ1) is 23.8. The van der Waals surface area contributed by atoms with E-state index < -0.39 is 0 Å². The van der Waals surface area contributed by atoms with Crippen molar-refractivity contribution >= 4 is 0 Å². The molecule has 0 radical (unpaired) electrons. The Balaban J connectivity index is 1.08. The van der Waals surface area contributed by atoms with Crippen molar-refractivity contribution in [1.29, 1.82) is 0 Å². The van der Waals surface area contributed by atoms with Crippen LogP contribution in [0.4, 0.5) is 0 Å². The summed E-state index contributed by atoms with van der Waals surface area (Å²) in [4.78, 5) is 4.35. The monoisotopic (exact) mass is 464 g/mol. The number of pyridine rings is 1. The number of phenols is 1. The molecule has 0 saturated heterocycles. The van der Waals surface area contributed by atoms with Gasteiger partial charge < -0.3 is 20.3 Å². The summed E-state index contributed by atoms with van der Waals surface area (Å²) in [7, 11) is 0. The Bertz CT molecular complexity index is 952. The van der Waals surface area contributed by atoms with E-state index in [0.717, 1.165) is 63.9 Å². The third-order valence-corrected chi connectivity index (χ3v) is 9.17. The van der Waals surface area contributed by atoms with Gasteiger partial charge in [-0.3, -0.25) is 4.98 Å². The SMILES string of the molecule is C[C@]12CCC3c4ccc(O)cc4CCC3C1CC(CCOCCNCCc1ccccn1)[C@@H]2O. The van der Waals surface area contributed by atoms with Crippen LogP contribution in [0.25, 0.3) is 0 Å². The smallest absolute Gasteiger partial charge is 0.115 e. The molecule has 1 aromatic heterocycles. The molecule has 5 nitrogen and oxygen atoms in total. The molecule has 4 unspecified atom stereocenters. The minimum atomic E-state index is -0.222. The minimum absolute atomic E-state index is 0.0350. The standard InChI is InChI=1S/C29H40N2O3/c1-29-12-9-25-24-8-6-23(32)18-20(24)5-7-26(25)27(29)19-21(28(29)33)11-16-34-17-15-30-14-10-22-4-2-3-13-31-22/h2-4,6,8,13,18,21,25-28,30,32-33H,5,7,9-12,14-17,19H2,1H3/t21?,25?,26?,27?,28-,29-/m0/s1. The van der Waals surface area contributed by atoms with Gasteiger partial charge in [0.2, 0.25) is 0 Å². The van der Waals surface area contributed by atoms with Gasteiger partial charge in [-0.2, -0.15) is 0 Å². The van der Waals surface area contributed by atoms with E-state index in [4.69, 9.17) is 4.74 Å². The Labute approximate surface area is 204 Å². The van der Waals surface area contributed by atoms with Crippen molar-refractivity contribution in [3.63, 3.8) is 0 Å². The molecule has 0 bridgehead atoms. The molecule has 0 amide bonds. The highest BCUT2D eigenvalue weighted by Gasteiger charge is 2.57. The second kappa shape index (κ2) is 10.3. The number of aromatic nitrogens is 1. The zero-order chi connectivity index (χ0) is 23.5. The number of ether oxygens (including phenoxy) is 1. The molecule has 5 heteroatoms. The van der Waals surface area contributed by atoms with Crippen LogP contribution in [0.15, 0.2) is 42.6 Å². The number of nitrogens with zero attached hydrogens (tertiary/aromatic N) is 1. The highest BCUT2D eigenvalue weighted by atomic mass is 16.5. The van der Waals surface area contributed by atoms with Gasteiger partial charge in [-0.05, 0) is 103 Å².